The molecule has 6 N–H and O–H groups in total. The van der Waals surface area contributed by atoms with Crippen LogP contribution in [0.5, 0.6) is 0 Å². The standard InChI is InChI=1S/C10H16N4O3/c11-9(16)8-6(15)5-13-10(17,14-8)7-3-1-2-4-12-7/h5,7,12,14-15,17H,1-4H2,(H2,11,16). The number of hydrogen-bond acceptors (Lipinski definition) is 6. The molecule has 0 radical (unpaired) electrons. The van der Waals surface area contributed by atoms with E-state index in [1.54, 1.807) is 0 Å². The van der Waals surface area contributed by atoms with E-state index < -0.39 is 11.8 Å². The normalized spacial score (nSPS) is 33.4. The van der Waals surface area contributed by atoms with Crippen molar-refractivity contribution in [3.05, 3.63) is 11.5 Å². The summed E-state index contributed by atoms with van der Waals surface area (Å²) >= 11 is 0. The maximum atomic E-state index is 11.1. The fourth-order valence-electron chi connectivity index (χ4n) is 2.06. The highest BCUT2D eigenvalue weighted by atomic mass is 16.3. The summed E-state index contributed by atoms with van der Waals surface area (Å²) in [6.45, 7) is 0.784. The van der Waals surface area contributed by atoms with Gasteiger partial charge in [-0.05, 0) is 19.4 Å². The van der Waals surface area contributed by atoms with Gasteiger partial charge in [-0.15, -0.1) is 0 Å². The van der Waals surface area contributed by atoms with E-state index in [9.17, 15) is 15.0 Å². The Balaban J connectivity index is 2.19. The maximum Gasteiger partial charge on any atom is 0.268 e. The lowest BCUT2D eigenvalue weighted by molar-refractivity contribution is -0.116. The number of primary amides is 1. The molecule has 0 aromatic carbocycles. The number of nitrogens with two attached hydrogens (primary N) is 1. The molecule has 2 aliphatic heterocycles. The number of nitrogens with one attached hydrogen (secondary N) is 2. The molecule has 0 aromatic heterocycles. The third kappa shape index (κ3) is 2.25. The van der Waals surface area contributed by atoms with Crippen LogP contribution in [0.4, 0.5) is 0 Å². The lowest BCUT2D eigenvalue weighted by Crippen LogP contribution is -2.61. The van der Waals surface area contributed by atoms with Crippen molar-refractivity contribution in [1.29, 1.82) is 0 Å². The summed E-state index contributed by atoms with van der Waals surface area (Å²) in [5.41, 5.74) is 4.88. The Hall–Kier alpha value is -1.60. The first kappa shape index (κ1) is 11.9. The van der Waals surface area contributed by atoms with E-state index in [4.69, 9.17) is 5.73 Å². The minimum absolute atomic E-state index is 0.213. The van der Waals surface area contributed by atoms with Crippen molar-refractivity contribution in [2.45, 2.75) is 31.2 Å². The van der Waals surface area contributed by atoms with Crippen molar-refractivity contribution in [3.8, 4) is 0 Å². The van der Waals surface area contributed by atoms with Crippen LogP contribution in [0.1, 0.15) is 19.3 Å². The molecular formula is C10H16N4O3. The second-order valence-electron chi connectivity index (χ2n) is 4.24. The second-order valence-corrected chi connectivity index (χ2v) is 4.24. The van der Waals surface area contributed by atoms with Crippen LogP contribution in [0.15, 0.2) is 16.4 Å². The average Bonchev–Trinajstić information content (AvgIpc) is 2.33. The largest absolute Gasteiger partial charge is 0.504 e. The molecule has 0 spiro atoms. The summed E-state index contributed by atoms with van der Waals surface area (Å²) in [6, 6.07) is -0.310. The van der Waals surface area contributed by atoms with Crippen molar-refractivity contribution in [3.63, 3.8) is 0 Å². The fraction of sp³-hybridized carbons (Fsp3) is 0.600. The number of nitrogens with zero attached hydrogens (tertiary/aromatic N) is 1. The Labute approximate surface area is 98.4 Å². The minimum atomic E-state index is -1.63. The molecule has 0 aromatic rings. The second kappa shape index (κ2) is 4.34. The zero-order chi connectivity index (χ0) is 12.5. The van der Waals surface area contributed by atoms with E-state index in [-0.39, 0.29) is 17.5 Å². The Bertz CT molecular complexity index is 387. The molecule has 1 amide bonds. The van der Waals surface area contributed by atoms with Crippen molar-refractivity contribution < 1.29 is 15.0 Å². The van der Waals surface area contributed by atoms with Crippen LogP contribution in [-0.2, 0) is 4.79 Å². The van der Waals surface area contributed by atoms with Crippen LogP contribution in [0.3, 0.4) is 0 Å². The molecule has 2 aliphatic rings. The SMILES string of the molecule is NC(=O)C1=C(O)C=NC(O)(C2CCCCN2)N1. The number of piperidine rings is 1. The molecule has 2 atom stereocenters. The highest BCUT2D eigenvalue weighted by Gasteiger charge is 2.40. The smallest absolute Gasteiger partial charge is 0.268 e. The molecule has 2 unspecified atom stereocenters. The van der Waals surface area contributed by atoms with Crippen LogP contribution in [0.2, 0.25) is 0 Å². The summed E-state index contributed by atoms with van der Waals surface area (Å²) < 4.78 is 0. The van der Waals surface area contributed by atoms with Crippen LogP contribution >= 0.6 is 0 Å². The number of carbonyl (C=O) groups is 1. The number of aliphatic hydroxyl groups is 2. The van der Waals surface area contributed by atoms with Gasteiger partial charge in [-0.3, -0.25) is 4.79 Å². The third-order valence-electron chi connectivity index (χ3n) is 2.99. The van der Waals surface area contributed by atoms with Crippen LogP contribution in [0, 0.1) is 0 Å². The van der Waals surface area contributed by atoms with E-state index in [1.165, 1.54) is 0 Å². The molecule has 0 bridgehead atoms. The highest BCUT2D eigenvalue weighted by molar-refractivity contribution is 5.98. The maximum absolute atomic E-state index is 11.1. The first-order valence-corrected chi connectivity index (χ1v) is 5.55. The minimum Gasteiger partial charge on any atom is -0.504 e. The Kier molecular flexibility index (Phi) is 3.03. The summed E-state index contributed by atoms with van der Waals surface area (Å²) in [7, 11) is 0. The first-order chi connectivity index (χ1) is 8.03. The molecule has 1 fully saturated rings. The lowest BCUT2D eigenvalue weighted by atomic mass is 9.99. The van der Waals surface area contributed by atoms with Gasteiger partial charge in [0.2, 0.25) is 0 Å². The summed E-state index contributed by atoms with van der Waals surface area (Å²) in [5, 5.41) is 25.3. The van der Waals surface area contributed by atoms with Gasteiger partial charge in [-0.1, -0.05) is 6.42 Å². The molecule has 1 saturated heterocycles. The third-order valence-corrected chi connectivity index (χ3v) is 2.99. The van der Waals surface area contributed by atoms with Gasteiger partial charge in [0.15, 0.2) is 5.76 Å². The van der Waals surface area contributed by atoms with Crippen molar-refractivity contribution in [2.75, 3.05) is 6.54 Å². The van der Waals surface area contributed by atoms with Gasteiger partial charge in [0.25, 0.3) is 11.8 Å². The van der Waals surface area contributed by atoms with Gasteiger partial charge in [-0.2, -0.15) is 0 Å². The number of rotatable bonds is 2. The molecular weight excluding hydrogens is 224 g/mol. The number of allylic oxidation sites excluding steroid dienone is 1. The summed E-state index contributed by atoms with van der Waals surface area (Å²) in [4.78, 5) is 14.9. The van der Waals surface area contributed by atoms with Crippen molar-refractivity contribution in [2.24, 2.45) is 10.7 Å². The molecule has 7 nitrogen and oxygen atoms in total. The number of hydrogen-bond donors (Lipinski definition) is 5. The number of aliphatic hydroxyl groups excluding tert-OH is 1. The Morgan fingerprint density at radius 2 is 2.35 bits per heavy atom. The fourth-order valence-corrected chi connectivity index (χ4v) is 2.06. The lowest BCUT2D eigenvalue weighted by Gasteiger charge is -2.38. The Morgan fingerprint density at radius 3 is 2.94 bits per heavy atom. The summed E-state index contributed by atoms with van der Waals surface area (Å²) in [6.07, 6.45) is 3.79. The zero-order valence-electron chi connectivity index (χ0n) is 9.31. The van der Waals surface area contributed by atoms with E-state index in [0.717, 1.165) is 32.0 Å². The topological polar surface area (TPSA) is 120 Å². The number of carbonyl (C=O) groups excluding carboxylic acids is 1. The van der Waals surface area contributed by atoms with E-state index in [2.05, 4.69) is 15.6 Å². The molecule has 0 aliphatic carbocycles. The molecule has 2 heterocycles. The highest BCUT2D eigenvalue weighted by Crippen LogP contribution is 2.22. The van der Waals surface area contributed by atoms with Gasteiger partial charge in [0.1, 0.15) is 5.70 Å². The van der Waals surface area contributed by atoms with Crippen LogP contribution in [-0.4, -0.2) is 40.8 Å². The quantitative estimate of drug-likeness (QED) is 0.411. The van der Waals surface area contributed by atoms with E-state index in [0.29, 0.717) is 0 Å². The van der Waals surface area contributed by atoms with Crippen molar-refractivity contribution in [1.82, 2.24) is 10.6 Å². The van der Waals surface area contributed by atoms with Gasteiger partial charge in [-0.25, -0.2) is 4.99 Å². The predicted molar refractivity (Wildman–Crippen MR) is 61.1 cm³/mol. The Morgan fingerprint density at radius 1 is 1.59 bits per heavy atom. The monoisotopic (exact) mass is 240 g/mol. The summed E-state index contributed by atoms with van der Waals surface area (Å²) in [5.74, 6) is -2.82. The molecule has 17 heavy (non-hydrogen) atoms. The van der Waals surface area contributed by atoms with Gasteiger partial charge in [0, 0.05) is 0 Å². The number of amides is 1. The average molecular weight is 240 g/mol. The van der Waals surface area contributed by atoms with Gasteiger partial charge >= 0.3 is 0 Å². The molecule has 7 heteroatoms. The predicted octanol–water partition coefficient (Wildman–Crippen LogP) is -1.30. The van der Waals surface area contributed by atoms with Gasteiger partial charge in [0.05, 0.1) is 12.3 Å². The first-order valence-electron chi connectivity index (χ1n) is 5.55. The molecule has 94 valence electrons. The molecule has 2 rings (SSSR count). The van der Waals surface area contributed by atoms with Gasteiger partial charge < -0.3 is 26.6 Å². The number of aliphatic imine (C=N–C) groups is 1. The zero-order valence-corrected chi connectivity index (χ0v) is 9.31. The molecule has 0 saturated carbocycles. The van der Waals surface area contributed by atoms with E-state index in [1.807, 2.05) is 0 Å². The van der Waals surface area contributed by atoms with Crippen molar-refractivity contribution >= 4 is 12.1 Å². The van der Waals surface area contributed by atoms with Crippen LogP contribution in [0.25, 0.3) is 0 Å². The van der Waals surface area contributed by atoms with Crippen LogP contribution < -0.4 is 16.4 Å². The van der Waals surface area contributed by atoms with E-state index >= 15 is 0 Å².